The van der Waals surface area contributed by atoms with Gasteiger partial charge in [-0.2, -0.15) is 0 Å². The lowest BCUT2D eigenvalue weighted by Crippen LogP contribution is -2.67. The standard InChI is InChI=1S/C17H27N3O2/c1-5-12(2)19-8-6-7-17(10-19)11-20(16(17)21)9-15-13(3)18-22-14(15)4/h12H,5-11H2,1-4H3/t12-,17-/m1/s1. The number of carbonyl (C=O) groups is 1. The van der Waals surface area contributed by atoms with E-state index in [1.165, 1.54) is 0 Å². The Kier molecular flexibility index (Phi) is 4.02. The van der Waals surface area contributed by atoms with Crippen molar-refractivity contribution in [2.75, 3.05) is 19.6 Å². The molecule has 5 heteroatoms. The topological polar surface area (TPSA) is 49.6 Å². The van der Waals surface area contributed by atoms with Crippen LogP contribution in [0.25, 0.3) is 0 Å². The van der Waals surface area contributed by atoms with Crippen molar-refractivity contribution >= 4 is 5.91 Å². The Balaban J connectivity index is 1.66. The third-order valence-electron chi connectivity index (χ3n) is 5.59. The second-order valence-corrected chi connectivity index (χ2v) is 7.08. The largest absolute Gasteiger partial charge is 0.361 e. The molecule has 2 atom stereocenters. The van der Waals surface area contributed by atoms with Crippen LogP contribution in [-0.2, 0) is 11.3 Å². The van der Waals surface area contributed by atoms with Crippen LogP contribution in [0.5, 0.6) is 0 Å². The van der Waals surface area contributed by atoms with Gasteiger partial charge < -0.3 is 9.42 Å². The lowest BCUT2D eigenvalue weighted by atomic mass is 9.72. The predicted molar refractivity (Wildman–Crippen MR) is 84.4 cm³/mol. The molecule has 2 saturated heterocycles. The summed E-state index contributed by atoms with van der Waals surface area (Å²) in [6.45, 7) is 11.9. The Labute approximate surface area is 132 Å². The molecule has 0 radical (unpaired) electrons. The highest BCUT2D eigenvalue weighted by atomic mass is 16.5. The van der Waals surface area contributed by atoms with Gasteiger partial charge in [0.15, 0.2) is 0 Å². The van der Waals surface area contributed by atoms with E-state index in [0.717, 1.165) is 55.9 Å². The van der Waals surface area contributed by atoms with E-state index in [1.54, 1.807) is 0 Å². The molecule has 2 fully saturated rings. The van der Waals surface area contributed by atoms with E-state index in [9.17, 15) is 4.79 Å². The Hall–Kier alpha value is -1.36. The molecule has 3 rings (SSSR count). The maximum atomic E-state index is 12.8. The van der Waals surface area contributed by atoms with Crippen molar-refractivity contribution in [2.24, 2.45) is 5.41 Å². The molecule has 1 amide bonds. The van der Waals surface area contributed by atoms with Gasteiger partial charge in [0.25, 0.3) is 0 Å². The number of piperidine rings is 1. The first kappa shape index (κ1) is 15.5. The number of likely N-dealkylation sites (tertiary alicyclic amines) is 2. The quantitative estimate of drug-likeness (QED) is 0.802. The number of rotatable bonds is 4. The summed E-state index contributed by atoms with van der Waals surface area (Å²) in [5.74, 6) is 1.15. The monoisotopic (exact) mass is 305 g/mol. The second-order valence-electron chi connectivity index (χ2n) is 7.08. The van der Waals surface area contributed by atoms with E-state index < -0.39 is 0 Å². The third-order valence-corrected chi connectivity index (χ3v) is 5.59. The molecule has 3 heterocycles. The minimum atomic E-state index is -0.124. The van der Waals surface area contributed by atoms with Gasteiger partial charge in [0.1, 0.15) is 5.76 Å². The molecule has 0 aliphatic carbocycles. The summed E-state index contributed by atoms with van der Waals surface area (Å²) in [5.41, 5.74) is 1.84. The Morgan fingerprint density at radius 1 is 1.36 bits per heavy atom. The van der Waals surface area contributed by atoms with Gasteiger partial charge in [-0.25, -0.2) is 0 Å². The molecular weight excluding hydrogens is 278 g/mol. The van der Waals surface area contributed by atoms with Gasteiger partial charge in [-0.3, -0.25) is 9.69 Å². The van der Waals surface area contributed by atoms with Crippen LogP contribution in [0, 0.1) is 19.3 Å². The second kappa shape index (κ2) is 5.69. The van der Waals surface area contributed by atoms with Crippen molar-refractivity contribution in [3.63, 3.8) is 0 Å². The van der Waals surface area contributed by atoms with Crippen LogP contribution in [0.4, 0.5) is 0 Å². The molecule has 0 bridgehead atoms. The molecule has 1 spiro atoms. The Morgan fingerprint density at radius 2 is 2.14 bits per heavy atom. The van der Waals surface area contributed by atoms with Crippen LogP contribution in [0.1, 0.15) is 50.1 Å². The van der Waals surface area contributed by atoms with E-state index in [-0.39, 0.29) is 5.41 Å². The minimum absolute atomic E-state index is 0.124. The molecule has 22 heavy (non-hydrogen) atoms. The summed E-state index contributed by atoms with van der Waals surface area (Å²) < 4.78 is 5.20. The van der Waals surface area contributed by atoms with Gasteiger partial charge >= 0.3 is 0 Å². The van der Waals surface area contributed by atoms with Crippen LogP contribution < -0.4 is 0 Å². The Morgan fingerprint density at radius 3 is 2.73 bits per heavy atom. The number of aromatic nitrogens is 1. The van der Waals surface area contributed by atoms with Gasteiger partial charge in [-0.15, -0.1) is 0 Å². The van der Waals surface area contributed by atoms with Crippen molar-refractivity contribution in [2.45, 2.75) is 59.5 Å². The Bertz CT molecular complexity index is 549. The van der Waals surface area contributed by atoms with Crippen LogP contribution >= 0.6 is 0 Å². The average Bonchev–Trinajstić information content (AvgIpc) is 2.85. The molecule has 0 aromatic carbocycles. The van der Waals surface area contributed by atoms with Crippen LogP contribution in [0.3, 0.4) is 0 Å². The van der Waals surface area contributed by atoms with Crippen LogP contribution in [-0.4, -0.2) is 46.5 Å². The number of nitrogens with zero attached hydrogens (tertiary/aromatic N) is 3. The normalized spacial score (nSPS) is 27.3. The summed E-state index contributed by atoms with van der Waals surface area (Å²) in [6.07, 6.45) is 3.32. The molecule has 0 unspecified atom stereocenters. The highest BCUT2D eigenvalue weighted by molar-refractivity contribution is 5.89. The number of hydrogen-bond donors (Lipinski definition) is 0. The number of β-lactam (4-membered cyclic amide) rings is 1. The van der Waals surface area contributed by atoms with Gasteiger partial charge in [-0.05, 0) is 46.6 Å². The maximum absolute atomic E-state index is 12.8. The molecule has 1 aromatic heterocycles. The molecule has 2 aliphatic rings. The third kappa shape index (κ3) is 2.45. The first-order valence-electron chi connectivity index (χ1n) is 8.42. The van der Waals surface area contributed by atoms with Crippen LogP contribution in [0.15, 0.2) is 4.52 Å². The molecule has 0 saturated carbocycles. The zero-order valence-electron chi connectivity index (χ0n) is 14.2. The van der Waals surface area contributed by atoms with E-state index >= 15 is 0 Å². The highest BCUT2D eigenvalue weighted by Crippen LogP contribution is 2.42. The lowest BCUT2D eigenvalue weighted by Gasteiger charge is -2.54. The van der Waals surface area contributed by atoms with E-state index in [2.05, 4.69) is 23.9 Å². The summed E-state index contributed by atoms with van der Waals surface area (Å²) in [5, 5.41) is 3.98. The molecule has 5 nitrogen and oxygen atoms in total. The van der Waals surface area contributed by atoms with Crippen LogP contribution in [0.2, 0.25) is 0 Å². The van der Waals surface area contributed by atoms with E-state index in [0.29, 0.717) is 18.5 Å². The number of carbonyl (C=O) groups excluding carboxylic acids is 1. The SMILES string of the molecule is CC[C@@H](C)N1CCC[C@]2(CN(Cc3c(C)noc3C)C2=O)C1. The maximum Gasteiger partial charge on any atom is 0.232 e. The average molecular weight is 305 g/mol. The van der Waals surface area contributed by atoms with Gasteiger partial charge in [-0.1, -0.05) is 12.1 Å². The van der Waals surface area contributed by atoms with Crippen molar-refractivity contribution in [1.82, 2.24) is 15.0 Å². The van der Waals surface area contributed by atoms with Gasteiger partial charge in [0.2, 0.25) is 5.91 Å². The molecule has 2 aliphatic heterocycles. The predicted octanol–water partition coefficient (Wildman–Crippen LogP) is 2.51. The van der Waals surface area contributed by atoms with Gasteiger partial charge in [0.05, 0.1) is 17.7 Å². The summed E-state index contributed by atoms with van der Waals surface area (Å²) in [6, 6.07) is 0.571. The first-order chi connectivity index (χ1) is 10.5. The summed E-state index contributed by atoms with van der Waals surface area (Å²) >= 11 is 0. The first-order valence-corrected chi connectivity index (χ1v) is 8.42. The molecule has 122 valence electrons. The fourth-order valence-electron chi connectivity index (χ4n) is 3.90. The highest BCUT2D eigenvalue weighted by Gasteiger charge is 2.54. The summed E-state index contributed by atoms with van der Waals surface area (Å²) in [4.78, 5) is 17.3. The number of amides is 1. The number of hydrogen-bond acceptors (Lipinski definition) is 4. The fraction of sp³-hybridized carbons (Fsp3) is 0.765. The smallest absolute Gasteiger partial charge is 0.232 e. The zero-order valence-corrected chi connectivity index (χ0v) is 14.2. The van der Waals surface area contributed by atoms with Crippen molar-refractivity contribution in [1.29, 1.82) is 0 Å². The number of aryl methyl sites for hydroxylation is 2. The fourth-order valence-corrected chi connectivity index (χ4v) is 3.90. The molecule has 1 aromatic rings. The minimum Gasteiger partial charge on any atom is -0.361 e. The van der Waals surface area contributed by atoms with Gasteiger partial charge in [0, 0.05) is 24.7 Å². The zero-order chi connectivity index (χ0) is 15.9. The lowest BCUT2D eigenvalue weighted by molar-refractivity contribution is -0.168. The van der Waals surface area contributed by atoms with E-state index in [1.807, 2.05) is 18.7 Å². The van der Waals surface area contributed by atoms with E-state index in [4.69, 9.17) is 4.52 Å². The van der Waals surface area contributed by atoms with Crippen molar-refractivity contribution in [3.05, 3.63) is 17.0 Å². The van der Waals surface area contributed by atoms with Crippen molar-refractivity contribution < 1.29 is 9.32 Å². The summed E-state index contributed by atoms with van der Waals surface area (Å²) in [7, 11) is 0. The van der Waals surface area contributed by atoms with Crippen molar-refractivity contribution in [3.8, 4) is 0 Å². The molecule has 0 N–H and O–H groups in total. The molecular formula is C17H27N3O2.